The van der Waals surface area contributed by atoms with Crippen molar-refractivity contribution in [2.24, 2.45) is 5.10 Å². The van der Waals surface area contributed by atoms with Gasteiger partial charge in [-0.15, -0.1) is 11.3 Å². The molecule has 0 fully saturated rings. The number of nitrogens with one attached hydrogen (secondary N) is 1. The summed E-state index contributed by atoms with van der Waals surface area (Å²) < 4.78 is 1.10. The molecule has 116 valence electrons. The largest absolute Gasteiger partial charge is 0.272 e. The van der Waals surface area contributed by atoms with Gasteiger partial charge in [-0.05, 0) is 38.0 Å². The number of rotatable bonds is 3. The highest BCUT2D eigenvalue weighted by Crippen LogP contribution is 2.25. The molecular formula is C19H18N2OS. The second kappa shape index (κ2) is 6.34. The third-order valence-electron chi connectivity index (χ3n) is 3.82. The Labute approximate surface area is 139 Å². The van der Waals surface area contributed by atoms with Crippen LogP contribution in [0.5, 0.6) is 0 Å². The highest BCUT2D eigenvalue weighted by atomic mass is 32.1. The molecule has 2 aromatic carbocycles. The van der Waals surface area contributed by atoms with E-state index in [1.807, 2.05) is 29.6 Å². The molecule has 0 aliphatic rings. The minimum atomic E-state index is -0.180. The Bertz CT molecular complexity index is 886. The molecule has 3 nitrogen and oxygen atoms in total. The van der Waals surface area contributed by atoms with E-state index in [9.17, 15) is 4.79 Å². The van der Waals surface area contributed by atoms with Gasteiger partial charge in [-0.25, -0.2) is 5.43 Å². The van der Waals surface area contributed by atoms with Crippen LogP contribution in [0.2, 0.25) is 0 Å². The highest BCUT2D eigenvalue weighted by Gasteiger charge is 2.11. The lowest BCUT2D eigenvalue weighted by atomic mass is 10.0. The van der Waals surface area contributed by atoms with Gasteiger partial charge in [-0.2, -0.15) is 5.10 Å². The average molecular weight is 322 g/mol. The van der Waals surface area contributed by atoms with Crippen molar-refractivity contribution >= 4 is 33.5 Å². The normalized spacial score (nSPS) is 11.3. The van der Waals surface area contributed by atoms with Gasteiger partial charge in [0.1, 0.15) is 0 Å². The smallest absolute Gasteiger partial charge is 0.267 e. The number of nitrogens with zero attached hydrogens (tertiary/aromatic N) is 1. The quantitative estimate of drug-likeness (QED) is 0.556. The molecule has 23 heavy (non-hydrogen) atoms. The summed E-state index contributed by atoms with van der Waals surface area (Å²) in [4.78, 5) is 12.3. The molecule has 0 radical (unpaired) electrons. The number of hydrogen-bond acceptors (Lipinski definition) is 3. The van der Waals surface area contributed by atoms with Crippen LogP contribution in [0.15, 0.2) is 46.9 Å². The fourth-order valence-corrected chi connectivity index (χ4v) is 3.71. The van der Waals surface area contributed by atoms with Crippen LogP contribution >= 0.6 is 11.3 Å². The molecule has 0 aliphatic carbocycles. The van der Waals surface area contributed by atoms with Crippen molar-refractivity contribution in [3.63, 3.8) is 0 Å². The Hall–Kier alpha value is -2.46. The molecule has 1 N–H and O–H groups in total. The Morgan fingerprint density at radius 2 is 1.83 bits per heavy atom. The average Bonchev–Trinajstić information content (AvgIpc) is 2.93. The molecule has 3 rings (SSSR count). The monoisotopic (exact) mass is 322 g/mol. The van der Waals surface area contributed by atoms with Crippen molar-refractivity contribution in [2.45, 2.75) is 20.8 Å². The van der Waals surface area contributed by atoms with E-state index in [1.54, 1.807) is 17.6 Å². The number of amides is 1. The van der Waals surface area contributed by atoms with Crippen LogP contribution in [0, 0.1) is 20.8 Å². The molecule has 3 aromatic rings. The minimum absolute atomic E-state index is 0.180. The first kappa shape index (κ1) is 15.4. The number of hydrazone groups is 1. The summed E-state index contributed by atoms with van der Waals surface area (Å²) in [6.07, 6.45) is 1.72. The van der Waals surface area contributed by atoms with E-state index < -0.39 is 0 Å². The van der Waals surface area contributed by atoms with Crippen molar-refractivity contribution < 1.29 is 4.79 Å². The van der Waals surface area contributed by atoms with Gasteiger partial charge in [-0.1, -0.05) is 35.9 Å². The first-order chi connectivity index (χ1) is 11.1. The summed E-state index contributed by atoms with van der Waals surface area (Å²) in [5, 5.41) is 6.97. The second-order valence-corrected chi connectivity index (χ2v) is 6.57. The lowest BCUT2D eigenvalue weighted by molar-refractivity contribution is 0.0957. The molecule has 1 heterocycles. The molecule has 0 bridgehead atoms. The van der Waals surface area contributed by atoms with Crippen molar-refractivity contribution in [3.8, 4) is 0 Å². The first-order valence-corrected chi connectivity index (χ1v) is 8.31. The van der Waals surface area contributed by atoms with Crippen LogP contribution in [0.3, 0.4) is 0 Å². The van der Waals surface area contributed by atoms with Crippen molar-refractivity contribution in [2.75, 3.05) is 0 Å². The van der Waals surface area contributed by atoms with Gasteiger partial charge in [0.2, 0.25) is 0 Å². The molecular weight excluding hydrogens is 304 g/mol. The predicted molar refractivity (Wildman–Crippen MR) is 97.5 cm³/mol. The van der Waals surface area contributed by atoms with Crippen molar-refractivity contribution in [3.05, 3.63) is 69.6 Å². The Balaban J connectivity index is 1.79. The van der Waals surface area contributed by atoms with E-state index in [4.69, 9.17) is 0 Å². The van der Waals surface area contributed by atoms with E-state index in [1.165, 1.54) is 5.56 Å². The number of thiophene rings is 1. The summed E-state index contributed by atoms with van der Waals surface area (Å²) in [5.41, 5.74) is 7.88. The number of hydrogen-bond donors (Lipinski definition) is 1. The zero-order valence-corrected chi connectivity index (χ0v) is 14.2. The topological polar surface area (TPSA) is 41.5 Å². The van der Waals surface area contributed by atoms with Crippen molar-refractivity contribution in [1.29, 1.82) is 0 Å². The summed E-state index contributed by atoms with van der Waals surface area (Å²) in [5.74, 6) is -0.180. The number of carbonyl (C=O) groups excluding carboxylic acids is 1. The zero-order chi connectivity index (χ0) is 16.4. The van der Waals surface area contributed by atoms with Crippen LogP contribution in [0.1, 0.15) is 32.6 Å². The first-order valence-electron chi connectivity index (χ1n) is 7.44. The van der Waals surface area contributed by atoms with Gasteiger partial charge in [0.15, 0.2) is 0 Å². The van der Waals surface area contributed by atoms with E-state index in [0.29, 0.717) is 5.56 Å². The van der Waals surface area contributed by atoms with Gasteiger partial charge < -0.3 is 0 Å². The summed E-state index contributed by atoms with van der Waals surface area (Å²) >= 11 is 1.57. The van der Waals surface area contributed by atoms with Crippen molar-refractivity contribution in [1.82, 2.24) is 5.43 Å². The molecule has 0 saturated carbocycles. The number of carbonyl (C=O) groups is 1. The fraction of sp³-hybridized carbons (Fsp3) is 0.158. The molecule has 4 heteroatoms. The molecule has 1 aromatic heterocycles. The van der Waals surface area contributed by atoms with Gasteiger partial charge in [0, 0.05) is 21.0 Å². The molecule has 0 spiro atoms. The molecule has 1 amide bonds. The highest BCUT2D eigenvalue weighted by molar-refractivity contribution is 7.17. The zero-order valence-electron chi connectivity index (χ0n) is 13.4. The van der Waals surface area contributed by atoms with E-state index in [0.717, 1.165) is 26.8 Å². The lowest BCUT2D eigenvalue weighted by Gasteiger charge is -2.06. The maximum absolute atomic E-state index is 12.3. The number of benzene rings is 2. The Morgan fingerprint density at radius 1 is 1.13 bits per heavy atom. The molecule has 0 atom stereocenters. The Kier molecular flexibility index (Phi) is 4.26. The van der Waals surface area contributed by atoms with Gasteiger partial charge in [0.05, 0.1) is 11.8 Å². The minimum Gasteiger partial charge on any atom is -0.267 e. The van der Waals surface area contributed by atoms with Crippen LogP contribution < -0.4 is 5.43 Å². The van der Waals surface area contributed by atoms with Gasteiger partial charge >= 0.3 is 0 Å². The third-order valence-corrected chi connectivity index (χ3v) is 4.79. The van der Waals surface area contributed by atoms with Crippen LogP contribution in [-0.2, 0) is 0 Å². The summed E-state index contributed by atoms with van der Waals surface area (Å²) in [6, 6.07) is 12.1. The van der Waals surface area contributed by atoms with E-state index in [2.05, 4.69) is 43.4 Å². The second-order valence-electron chi connectivity index (χ2n) is 5.66. The fourth-order valence-electron chi connectivity index (χ4n) is 2.76. The maximum Gasteiger partial charge on any atom is 0.272 e. The standard InChI is InChI=1S/C19H18N2OS/c1-12-8-13(2)16(14(3)9-12)10-20-21-19(22)17-11-23-18-7-5-4-6-15(17)18/h4-11H,1-3H3,(H,21,22)/b20-10-. The van der Waals surface area contributed by atoms with Crippen LogP contribution in [-0.4, -0.2) is 12.1 Å². The SMILES string of the molecule is Cc1cc(C)c(/C=N\NC(=O)c2csc3ccccc23)c(C)c1. The number of fused-ring (bicyclic) bond motifs is 1. The predicted octanol–water partition coefficient (Wildman–Crippen LogP) is 4.59. The van der Waals surface area contributed by atoms with Crippen LogP contribution in [0.25, 0.3) is 10.1 Å². The van der Waals surface area contributed by atoms with Crippen LogP contribution in [0.4, 0.5) is 0 Å². The van der Waals surface area contributed by atoms with E-state index in [-0.39, 0.29) is 5.91 Å². The summed E-state index contributed by atoms with van der Waals surface area (Å²) in [6.45, 7) is 6.18. The Morgan fingerprint density at radius 3 is 2.57 bits per heavy atom. The molecule has 0 unspecified atom stereocenters. The number of aryl methyl sites for hydroxylation is 3. The molecule has 0 saturated heterocycles. The third kappa shape index (κ3) is 3.17. The molecule has 0 aliphatic heterocycles. The van der Waals surface area contributed by atoms with Gasteiger partial charge in [0.25, 0.3) is 5.91 Å². The summed E-state index contributed by atoms with van der Waals surface area (Å²) in [7, 11) is 0. The van der Waals surface area contributed by atoms with E-state index >= 15 is 0 Å². The lowest BCUT2D eigenvalue weighted by Crippen LogP contribution is -2.17. The maximum atomic E-state index is 12.3. The van der Waals surface area contributed by atoms with Gasteiger partial charge in [-0.3, -0.25) is 4.79 Å².